The van der Waals surface area contributed by atoms with E-state index in [1.165, 1.54) is 5.56 Å². The van der Waals surface area contributed by atoms with Crippen molar-refractivity contribution in [2.75, 3.05) is 5.32 Å². The van der Waals surface area contributed by atoms with E-state index in [2.05, 4.69) is 52.3 Å². The fourth-order valence-corrected chi connectivity index (χ4v) is 2.58. The third-order valence-corrected chi connectivity index (χ3v) is 3.67. The van der Waals surface area contributed by atoms with Crippen LogP contribution >= 0.6 is 0 Å². The standard InChI is InChI=1S/C17H18N4/c1-11-6-7-15(14-5-4-8-19-16(11)14)21-13(3)17-12(2)18-9-10-20-17/h4-10,13,21H,1-3H3. The number of aryl methyl sites for hydroxylation is 2. The zero-order chi connectivity index (χ0) is 14.8. The number of benzene rings is 1. The van der Waals surface area contributed by atoms with Crippen LogP contribution in [-0.2, 0) is 0 Å². The quantitative estimate of drug-likeness (QED) is 0.791. The first-order valence-corrected chi connectivity index (χ1v) is 7.05. The Morgan fingerprint density at radius 3 is 2.57 bits per heavy atom. The van der Waals surface area contributed by atoms with Gasteiger partial charge in [0, 0.05) is 29.7 Å². The van der Waals surface area contributed by atoms with Crippen LogP contribution in [0, 0.1) is 13.8 Å². The van der Waals surface area contributed by atoms with Crippen molar-refractivity contribution in [2.24, 2.45) is 0 Å². The summed E-state index contributed by atoms with van der Waals surface area (Å²) in [7, 11) is 0. The maximum atomic E-state index is 4.47. The maximum absolute atomic E-state index is 4.47. The van der Waals surface area contributed by atoms with E-state index in [4.69, 9.17) is 0 Å². The summed E-state index contributed by atoms with van der Waals surface area (Å²) in [6.45, 7) is 6.16. The van der Waals surface area contributed by atoms with Gasteiger partial charge in [-0.1, -0.05) is 6.07 Å². The van der Waals surface area contributed by atoms with Gasteiger partial charge in [-0.2, -0.15) is 0 Å². The average molecular weight is 278 g/mol. The van der Waals surface area contributed by atoms with Gasteiger partial charge in [-0.3, -0.25) is 15.0 Å². The first-order valence-electron chi connectivity index (χ1n) is 7.05. The van der Waals surface area contributed by atoms with Gasteiger partial charge in [0.05, 0.1) is 22.9 Å². The van der Waals surface area contributed by atoms with Crippen molar-refractivity contribution < 1.29 is 0 Å². The van der Waals surface area contributed by atoms with Crippen molar-refractivity contribution in [3.63, 3.8) is 0 Å². The van der Waals surface area contributed by atoms with Crippen molar-refractivity contribution >= 4 is 16.6 Å². The molecule has 1 unspecified atom stereocenters. The molecule has 2 aromatic heterocycles. The lowest BCUT2D eigenvalue weighted by Gasteiger charge is -2.18. The van der Waals surface area contributed by atoms with Crippen molar-refractivity contribution in [3.8, 4) is 0 Å². The van der Waals surface area contributed by atoms with Gasteiger partial charge < -0.3 is 5.32 Å². The second-order valence-corrected chi connectivity index (χ2v) is 5.22. The Labute approximate surface area is 124 Å². The molecule has 0 spiro atoms. The molecule has 1 atom stereocenters. The van der Waals surface area contributed by atoms with Crippen LogP contribution in [0.4, 0.5) is 5.69 Å². The molecule has 0 amide bonds. The highest BCUT2D eigenvalue weighted by atomic mass is 15.0. The van der Waals surface area contributed by atoms with Gasteiger partial charge >= 0.3 is 0 Å². The topological polar surface area (TPSA) is 50.7 Å². The number of pyridine rings is 1. The van der Waals surface area contributed by atoms with Crippen molar-refractivity contribution in [2.45, 2.75) is 26.8 Å². The van der Waals surface area contributed by atoms with Crippen molar-refractivity contribution in [1.29, 1.82) is 0 Å². The van der Waals surface area contributed by atoms with E-state index in [1.54, 1.807) is 12.4 Å². The number of nitrogens with zero attached hydrogens (tertiary/aromatic N) is 3. The highest BCUT2D eigenvalue weighted by molar-refractivity contribution is 5.93. The molecule has 3 rings (SSSR count). The van der Waals surface area contributed by atoms with Gasteiger partial charge in [0.2, 0.25) is 0 Å². The summed E-state index contributed by atoms with van der Waals surface area (Å²) in [6.07, 6.45) is 5.28. The van der Waals surface area contributed by atoms with Gasteiger partial charge in [0.1, 0.15) is 0 Å². The van der Waals surface area contributed by atoms with Crippen LogP contribution in [-0.4, -0.2) is 15.0 Å². The SMILES string of the molecule is Cc1nccnc1C(C)Nc1ccc(C)c2ncccc12. The lowest BCUT2D eigenvalue weighted by atomic mass is 10.1. The van der Waals surface area contributed by atoms with Crippen LogP contribution < -0.4 is 5.32 Å². The highest BCUT2D eigenvalue weighted by Crippen LogP contribution is 2.27. The highest BCUT2D eigenvalue weighted by Gasteiger charge is 2.12. The zero-order valence-corrected chi connectivity index (χ0v) is 12.5. The van der Waals surface area contributed by atoms with E-state index >= 15 is 0 Å². The first-order chi connectivity index (χ1) is 10.2. The van der Waals surface area contributed by atoms with E-state index in [1.807, 2.05) is 19.2 Å². The summed E-state index contributed by atoms with van der Waals surface area (Å²) in [5, 5.41) is 4.66. The number of hydrogen-bond donors (Lipinski definition) is 1. The number of aromatic nitrogens is 3. The minimum atomic E-state index is 0.0878. The molecule has 0 saturated heterocycles. The number of hydrogen-bond acceptors (Lipinski definition) is 4. The van der Waals surface area contributed by atoms with Crippen LogP contribution in [0.5, 0.6) is 0 Å². The summed E-state index contributed by atoms with van der Waals surface area (Å²) in [5.74, 6) is 0. The molecular formula is C17H18N4. The molecular weight excluding hydrogens is 260 g/mol. The molecule has 0 aliphatic heterocycles. The summed E-state index contributed by atoms with van der Waals surface area (Å²) in [6, 6.07) is 8.33. The fourth-order valence-electron chi connectivity index (χ4n) is 2.58. The Morgan fingerprint density at radius 1 is 0.952 bits per heavy atom. The van der Waals surface area contributed by atoms with E-state index in [0.717, 1.165) is 28.0 Å². The minimum absolute atomic E-state index is 0.0878. The molecule has 0 bridgehead atoms. The number of anilines is 1. The van der Waals surface area contributed by atoms with Gasteiger partial charge in [-0.15, -0.1) is 0 Å². The zero-order valence-electron chi connectivity index (χ0n) is 12.5. The predicted octanol–water partition coefficient (Wildman–Crippen LogP) is 3.81. The monoisotopic (exact) mass is 278 g/mol. The van der Waals surface area contributed by atoms with Crippen LogP contribution in [0.3, 0.4) is 0 Å². The van der Waals surface area contributed by atoms with Crippen molar-refractivity contribution in [3.05, 3.63) is 59.8 Å². The Bertz CT molecular complexity index is 783. The predicted molar refractivity (Wildman–Crippen MR) is 85.3 cm³/mol. The Hall–Kier alpha value is -2.49. The number of rotatable bonds is 3. The lowest BCUT2D eigenvalue weighted by molar-refractivity contribution is 0.811. The Morgan fingerprint density at radius 2 is 1.76 bits per heavy atom. The van der Waals surface area contributed by atoms with Gasteiger partial charge in [0.25, 0.3) is 0 Å². The van der Waals surface area contributed by atoms with Gasteiger partial charge in [0.15, 0.2) is 0 Å². The molecule has 4 nitrogen and oxygen atoms in total. The van der Waals surface area contributed by atoms with Gasteiger partial charge in [-0.25, -0.2) is 0 Å². The normalized spacial score (nSPS) is 12.3. The smallest absolute Gasteiger partial charge is 0.0835 e. The van der Waals surface area contributed by atoms with Gasteiger partial charge in [-0.05, 0) is 44.5 Å². The third kappa shape index (κ3) is 2.57. The third-order valence-electron chi connectivity index (χ3n) is 3.67. The maximum Gasteiger partial charge on any atom is 0.0835 e. The van der Waals surface area contributed by atoms with Crippen LogP contribution in [0.15, 0.2) is 42.9 Å². The lowest BCUT2D eigenvalue weighted by Crippen LogP contribution is -2.11. The van der Waals surface area contributed by atoms with E-state index in [0.29, 0.717) is 0 Å². The van der Waals surface area contributed by atoms with E-state index in [-0.39, 0.29) is 6.04 Å². The van der Waals surface area contributed by atoms with E-state index in [9.17, 15) is 0 Å². The summed E-state index contributed by atoms with van der Waals surface area (Å²) in [4.78, 5) is 13.2. The summed E-state index contributed by atoms with van der Waals surface area (Å²) >= 11 is 0. The fraction of sp³-hybridized carbons (Fsp3) is 0.235. The molecule has 0 radical (unpaired) electrons. The Balaban J connectivity index is 1.99. The largest absolute Gasteiger partial charge is 0.376 e. The molecule has 106 valence electrons. The van der Waals surface area contributed by atoms with Crippen LogP contribution in [0.2, 0.25) is 0 Å². The van der Waals surface area contributed by atoms with Crippen LogP contribution in [0.25, 0.3) is 10.9 Å². The second-order valence-electron chi connectivity index (χ2n) is 5.22. The Kier molecular flexibility index (Phi) is 3.52. The van der Waals surface area contributed by atoms with Crippen molar-refractivity contribution in [1.82, 2.24) is 15.0 Å². The molecule has 0 saturated carbocycles. The minimum Gasteiger partial charge on any atom is -0.376 e. The molecule has 4 heteroatoms. The number of fused-ring (bicyclic) bond motifs is 1. The van der Waals surface area contributed by atoms with E-state index < -0.39 is 0 Å². The van der Waals surface area contributed by atoms with Crippen LogP contribution in [0.1, 0.15) is 29.9 Å². The summed E-state index contributed by atoms with van der Waals surface area (Å²) in [5.41, 5.74) is 5.20. The average Bonchev–Trinajstić information content (AvgIpc) is 2.51. The first kappa shape index (κ1) is 13.5. The number of nitrogens with one attached hydrogen (secondary N) is 1. The molecule has 0 aliphatic rings. The molecule has 1 N–H and O–H groups in total. The molecule has 0 aliphatic carbocycles. The molecule has 0 fully saturated rings. The molecule has 1 aromatic carbocycles. The molecule has 2 heterocycles. The molecule has 21 heavy (non-hydrogen) atoms. The second kappa shape index (κ2) is 5.48. The summed E-state index contributed by atoms with van der Waals surface area (Å²) < 4.78 is 0. The molecule has 3 aromatic rings.